The topological polar surface area (TPSA) is 117 Å². The molecule has 35 heteroatoms. The van der Waals surface area contributed by atoms with E-state index in [1.54, 1.807) is 0 Å². The smallest absolute Gasteiger partial charge is 0.463 e. The molecular formula is C29H38F22O11Si2. The number of rotatable bonds is 30. The number of halogens is 22. The summed E-state index contributed by atoms with van der Waals surface area (Å²) in [6.45, 7) is -3.41. The number of esters is 2. The maximum Gasteiger partial charge on any atom is 0.500 e. The Kier molecular flexibility index (Phi) is 21.3. The molecule has 0 aliphatic heterocycles. The minimum atomic E-state index is -8.12. The number of hydrogen-bond donors (Lipinski definition) is 0. The quantitative estimate of drug-likeness (QED) is 0.0297. The van der Waals surface area contributed by atoms with Gasteiger partial charge in [0.25, 0.3) is 0 Å². The van der Waals surface area contributed by atoms with Crippen LogP contribution in [-0.4, -0.2) is 150 Å². The third-order valence-corrected chi connectivity index (χ3v) is 13.3. The molecule has 0 aliphatic carbocycles. The van der Waals surface area contributed by atoms with Crippen molar-refractivity contribution in [2.45, 2.75) is 117 Å². The van der Waals surface area contributed by atoms with Gasteiger partial charge in [0.15, 0.2) is 8.32 Å². The molecular weight excluding hydrogens is 998 g/mol. The van der Waals surface area contributed by atoms with E-state index in [2.05, 4.69) is 9.47 Å². The van der Waals surface area contributed by atoms with Crippen LogP contribution in [-0.2, 0) is 51.0 Å². The molecule has 0 heterocycles. The van der Waals surface area contributed by atoms with Gasteiger partial charge in [-0.2, -0.15) is 96.6 Å². The van der Waals surface area contributed by atoms with Crippen molar-refractivity contribution in [2.24, 2.45) is 0 Å². The SMILES string of the molecule is CO[Si](CCCOCC(COC(=O)CCC(=O)OCCOC(F)(F)C(F)(F)OC(F)(F)C(F)(F)F)O[Si](C)(C)CCC(F)(F)C(F)(F)C(F)(F)C(F)(F)C(F)(F)C(F)(F)F)(OC)OC. The van der Waals surface area contributed by atoms with Crippen LogP contribution in [0.5, 0.6) is 0 Å². The Morgan fingerprint density at radius 1 is 0.516 bits per heavy atom. The monoisotopic (exact) mass is 1040 g/mol. The van der Waals surface area contributed by atoms with E-state index in [0.29, 0.717) is 0 Å². The molecule has 0 N–H and O–H groups in total. The molecule has 0 spiro atoms. The van der Waals surface area contributed by atoms with Crippen molar-refractivity contribution < 1.29 is 148 Å². The third kappa shape index (κ3) is 15.6. The Morgan fingerprint density at radius 3 is 1.44 bits per heavy atom. The molecule has 0 saturated heterocycles. The van der Waals surface area contributed by atoms with Crippen molar-refractivity contribution in [1.82, 2.24) is 0 Å². The van der Waals surface area contributed by atoms with Gasteiger partial charge in [-0.15, -0.1) is 0 Å². The van der Waals surface area contributed by atoms with E-state index in [1.165, 1.54) is 21.3 Å². The standard InChI is InChI=1S/C29H38F22O11Si2/c1-54-64(55-2,56-3)13-6-10-57-15-17(61-63(4,5)14-9-20(30,31)21(32,33)22(34,35)23(36,37)24(38,39)25(40,41)42)16-59-19(53)8-7-18(52)58-11-12-60-28(48,49)29(50,51)62-27(46,47)26(43,44)45/h17H,6-16H2,1-5H3. The van der Waals surface area contributed by atoms with E-state index < -0.39 is 147 Å². The van der Waals surface area contributed by atoms with Crippen LogP contribution >= 0.6 is 0 Å². The second-order valence-electron chi connectivity index (χ2n) is 13.4. The van der Waals surface area contributed by atoms with Gasteiger partial charge in [0.05, 0.1) is 26.1 Å². The number of hydrogen-bond acceptors (Lipinski definition) is 11. The molecule has 0 aromatic rings. The largest absolute Gasteiger partial charge is 0.500 e. The normalized spacial score (nSPS) is 15.4. The maximum atomic E-state index is 14.5. The molecule has 382 valence electrons. The van der Waals surface area contributed by atoms with Gasteiger partial charge in [-0.25, -0.2) is 4.74 Å². The van der Waals surface area contributed by atoms with E-state index >= 15 is 0 Å². The zero-order valence-electron chi connectivity index (χ0n) is 33.2. The van der Waals surface area contributed by atoms with Gasteiger partial charge in [0.2, 0.25) is 0 Å². The Balaban J connectivity index is 5.76. The highest BCUT2D eigenvalue weighted by atomic mass is 28.4. The molecule has 0 aliphatic rings. The minimum absolute atomic E-state index is 0.0810. The summed E-state index contributed by atoms with van der Waals surface area (Å²) in [7, 11) is -3.55. The molecule has 0 aromatic heterocycles. The fourth-order valence-electron chi connectivity index (χ4n) is 4.43. The van der Waals surface area contributed by atoms with Crippen LogP contribution in [0.1, 0.15) is 25.7 Å². The lowest BCUT2D eigenvalue weighted by atomic mass is 9.93. The average molecular weight is 1040 g/mol. The van der Waals surface area contributed by atoms with Crippen molar-refractivity contribution in [3.8, 4) is 0 Å². The lowest BCUT2D eigenvalue weighted by molar-refractivity contribution is -0.516. The molecule has 0 amide bonds. The molecule has 64 heavy (non-hydrogen) atoms. The zero-order valence-corrected chi connectivity index (χ0v) is 35.2. The average Bonchev–Trinajstić information content (AvgIpc) is 3.13. The van der Waals surface area contributed by atoms with Crippen LogP contribution in [0.2, 0.25) is 25.2 Å². The summed E-state index contributed by atoms with van der Waals surface area (Å²) in [5.41, 5.74) is 0. The molecule has 1 unspecified atom stereocenters. The predicted molar refractivity (Wildman–Crippen MR) is 169 cm³/mol. The lowest BCUT2D eigenvalue weighted by Crippen LogP contribution is -2.70. The Bertz CT molecular complexity index is 1470. The van der Waals surface area contributed by atoms with Crippen molar-refractivity contribution in [3.05, 3.63) is 0 Å². The van der Waals surface area contributed by atoms with Gasteiger partial charge in [-0.3, -0.25) is 9.59 Å². The molecule has 11 nitrogen and oxygen atoms in total. The summed E-state index contributed by atoms with van der Waals surface area (Å²) in [6.07, 6.45) is -40.2. The molecule has 0 radical (unpaired) electrons. The summed E-state index contributed by atoms with van der Waals surface area (Å²) in [5.74, 6) is -41.0. The van der Waals surface area contributed by atoms with Crippen molar-refractivity contribution in [3.63, 3.8) is 0 Å². The highest BCUT2D eigenvalue weighted by molar-refractivity contribution is 6.71. The highest BCUT2D eigenvalue weighted by Crippen LogP contribution is 2.61. The van der Waals surface area contributed by atoms with Gasteiger partial charge in [0.1, 0.15) is 19.3 Å². The molecule has 1 atom stereocenters. The number of carbonyl (C=O) groups is 2. The molecule has 0 rings (SSSR count). The van der Waals surface area contributed by atoms with Crippen molar-refractivity contribution in [1.29, 1.82) is 0 Å². The first kappa shape index (κ1) is 61.6. The van der Waals surface area contributed by atoms with E-state index in [9.17, 15) is 106 Å². The second kappa shape index (κ2) is 22.1. The van der Waals surface area contributed by atoms with E-state index in [4.69, 9.17) is 27.2 Å². The fourth-order valence-corrected chi connectivity index (χ4v) is 8.19. The molecule has 0 saturated carbocycles. The Hall–Kier alpha value is -2.45. The number of carbonyl (C=O) groups excluding carboxylic acids is 2. The van der Waals surface area contributed by atoms with Crippen LogP contribution in [0.3, 0.4) is 0 Å². The lowest BCUT2D eigenvalue weighted by Gasteiger charge is -2.40. The zero-order chi connectivity index (χ0) is 50.9. The van der Waals surface area contributed by atoms with Crippen LogP contribution in [0.25, 0.3) is 0 Å². The summed E-state index contributed by atoms with van der Waals surface area (Å²) in [5, 5.41) is 0. The molecule has 0 bridgehead atoms. The van der Waals surface area contributed by atoms with Gasteiger partial charge < -0.3 is 36.7 Å². The Labute approximate surface area is 348 Å². The predicted octanol–water partition coefficient (Wildman–Crippen LogP) is 9.23. The third-order valence-electron chi connectivity index (χ3n) is 8.05. The van der Waals surface area contributed by atoms with Crippen molar-refractivity contribution >= 4 is 29.1 Å². The van der Waals surface area contributed by atoms with Crippen LogP contribution < -0.4 is 0 Å². The number of ether oxygens (including phenoxy) is 5. The summed E-state index contributed by atoms with van der Waals surface area (Å²) in [6, 6.07) is -1.38. The number of alkyl halides is 22. The van der Waals surface area contributed by atoms with Gasteiger partial charge in [0, 0.05) is 40.4 Å². The van der Waals surface area contributed by atoms with Crippen LogP contribution in [0, 0.1) is 0 Å². The van der Waals surface area contributed by atoms with E-state index in [0.717, 1.165) is 13.1 Å². The molecule has 0 fully saturated rings. The summed E-state index contributed by atoms with van der Waals surface area (Å²) >= 11 is 0. The van der Waals surface area contributed by atoms with Gasteiger partial charge in [-0.1, -0.05) is 0 Å². The van der Waals surface area contributed by atoms with Gasteiger partial charge in [-0.05, 0) is 25.6 Å². The van der Waals surface area contributed by atoms with Crippen LogP contribution in [0.15, 0.2) is 0 Å². The molecule has 0 aromatic carbocycles. The van der Waals surface area contributed by atoms with E-state index in [1.807, 2.05) is 4.74 Å². The Morgan fingerprint density at radius 2 is 0.984 bits per heavy atom. The first-order valence-electron chi connectivity index (χ1n) is 17.1. The van der Waals surface area contributed by atoms with Gasteiger partial charge >= 0.3 is 81.0 Å². The minimum Gasteiger partial charge on any atom is -0.463 e. The summed E-state index contributed by atoms with van der Waals surface area (Å²) < 4.78 is 332. The fraction of sp³-hybridized carbons (Fsp3) is 0.931. The summed E-state index contributed by atoms with van der Waals surface area (Å²) in [4.78, 5) is 24.1. The highest BCUT2D eigenvalue weighted by Gasteiger charge is 2.90. The maximum absolute atomic E-state index is 14.5. The first-order chi connectivity index (χ1) is 28.4. The second-order valence-corrected chi connectivity index (χ2v) is 20.7. The first-order valence-corrected chi connectivity index (χ1v) is 22.2. The van der Waals surface area contributed by atoms with Crippen molar-refractivity contribution in [2.75, 3.05) is 54.4 Å². The van der Waals surface area contributed by atoms with Crippen LogP contribution in [0.4, 0.5) is 96.6 Å². The van der Waals surface area contributed by atoms with E-state index in [-0.39, 0.29) is 19.1 Å².